The zero-order valence-electron chi connectivity index (χ0n) is 12.4. The third-order valence-electron chi connectivity index (χ3n) is 2.99. The van der Waals surface area contributed by atoms with Gasteiger partial charge in [0.25, 0.3) is 0 Å². The molecular weight excluding hydrogens is 258 g/mol. The number of carbonyl (C=O) groups is 1. The van der Waals surface area contributed by atoms with Crippen molar-refractivity contribution >= 4 is 12.0 Å². The summed E-state index contributed by atoms with van der Waals surface area (Å²) >= 11 is 0. The summed E-state index contributed by atoms with van der Waals surface area (Å²) in [5.74, 6) is -0.251. The molecule has 0 spiro atoms. The number of hydrogen-bond acceptors (Lipinski definition) is 4. The second kappa shape index (κ2) is 6.84. The van der Waals surface area contributed by atoms with Crippen LogP contribution in [0.2, 0.25) is 0 Å². The molecule has 1 heterocycles. The van der Waals surface area contributed by atoms with Gasteiger partial charge in [0.05, 0.1) is 19.3 Å². The largest absolute Gasteiger partial charge is 0.505 e. The smallest absolute Gasteiger partial charge is 0.339 e. The van der Waals surface area contributed by atoms with E-state index in [1.165, 1.54) is 7.11 Å². The third kappa shape index (κ3) is 3.23. The molecule has 1 aromatic heterocycles. The number of carbonyl (C=O) groups excluding carboxylic acids is 1. The summed E-state index contributed by atoms with van der Waals surface area (Å²) < 4.78 is 12.0. The Morgan fingerprint density at radius 3 is 2.60 bits per heavy atom. The van der Waals surface area contributed by atoms with Gasteiger partial charge >= 0.3 is 5.97 Å². The van der Waals surface area contributed by atoms with Gasteiger partial charge in [-0.1, -0.05) is 6.58 Å². The Bertz CT molecular complexity index is 540. The zero-order valence-corrected chi connectivity index (χ0v) is 12.4. The van der Waals surface area contributed by atoms with E-state index in [-0.39, 0.29) is 17.5 Å². The van der Waals surface area contributed by atoms with Gasteiger partial charge < -0.3 is 19.1 Å². The second-order valence-electron chi connectivity index (χ2n) is 4.22. The molecule has 0 aliphatic rings. The molecule has 0 aliphatic carbocycles. The molecule has 5 heteroatoms. The van der Waals surface area contributed by atoms with E-state index in [1.54, 1.807) is 19.2 Å². The molecule has 0 amide bonds. The molecule has 0 radical (unpaired) electrons. The first-order valence-corrected chi connectivity index (χ1v) is 6.46. The molecule has 0 bridgehead atoms. The Kier molecular flexibility index (Phi) is 5.43. The predicted octanol–water partition coefficient (Wildman–Crippen LogP) is 3.05. The number of methoxy groups -OCH3 is 1. The molecule has 1 aromatic rings. The lowest BCUT2D eigenvalue weighted by Crippen LogP contribution is -2.04. The first-order valence-electron chi connectivity index (χ1n) is 6.46. The maximum atomic E-state index is 11.9. The molecule has 0 saturated heterocycles. The number of aromatic nitrogens is 1. The van der Waals surface area contributed by atoms with E-state index in [4.69, 9.17) is 9.47 Å². The van der Waals surface area contributed by atoms with E-state index >= 15 is 0 Å². The molecule has 0 unspecified atom stereocenters. The quantitative estimate of drug-likeness (QED) is 0.494. The van der Waals surface area contributed by atoms with Gasteiger partial charge in [-0.05, 0) is 26.3 Å². The summed E-state index contributed by atoms with van der Waals surface area (Å²) in [6.07, 6.45) is 3.40. The number of ether oxygens (including phenoxy) is 2. The maximum Gasteiger partial charge on any atom is 0.339 e. The summed E-state index contributed by atoms with van der Waals surface area (Å²) in [6.45, 7) is 10.0. The molecule has 0 atom stereocenters. The number of rotatable bonds is 6. The molecular formula is C15H21NO4. The number of aliphatic hydroxyl groups excluding tert-OH is 1. The fourth-order valence-corrected chi connectivity index (χ4v) is 1.93. The minimum Gasteiger partial charge on any atom is -0.505 e. The average molecular weight is 279 g/mol. The van der Waals surface area contributed by atoms with Crippen LogP contribution in [0.4, 0.5) is 0 Å². The van der Waals surface area contributed by atoms with Crippen LogP contribution >= 0.6 is 0 Å². The van der Waals surface area contributed by atoms with Crippen LogP contribution in [0.15, 0.2) is 24.3 Å². The number of esters is 1. The summed E-state index contributed by atoms with van der Waals surface area (Å²) in [5.41, 5.74) is 2.07. The average Bonchev–Trinajstić information content (AvgIpc) is 2.72. The van der Waals surface area contributed by atoms with E-state index in [0.717, 1.165) is 11.3 Å². The minimum absolute atomic E-state index is 0.159. The highest BCUT2D eigenvalue weighted by Gasteiger charge is 2.18. The number of nitrogens with zero attached hydrogens (tertiary/aromatic N) is 1. The van der Waals surface area contributed by atoms with Crippen LogP contribution in [-0.4, -0.2) is 29.4 Å². The maximum absolute atomic E-state index is 11.9. The van der Waals surface area contributed by atoms with Crippen LogP contribution in [0.3, 0.4) is 0 Å². The van der Waals surface area contributed by atoms with Crippen LogP contribution in [0.1, 0.15) is 35.5 Å². The summed E-state index contributed by atoms with van der Waals surface area (Å²) in [4.78, 5) is 11.9. The SMILES string of the molecule is C=C(O)/C(=C\c1c(C)c(C(=O)OCC)cn1CC)OC. The molecule has 5 nitrogen and oxygen atoms in total. The molecule has 0 aliphatic heterocycles. The van der Waals surface area contributed by atoms with Gasteiger partial charge in [0.2, 0.25) is 0 Å². The molecule has 0 aromatic carbocycles. The fourth-order valence-electron chi connectivity index (χ4n) is 1.93. The lowest BCUT2D eigenvalue weighted by atomic mass is 10.1. The number of hydrogen-bond donors (Lipinski definition) is 1. The highest BCUT2D eigenvalue weighted by molar-refractivity contribution is 5.92. The van der Waals surface area contributed by atoms with Crippen molar-refractivity contribution in [3.05, 3.63) is 41.1 Å². The summed E-state index contributed by atoms with van der Waals surface area (Å²) in [7, 11) is 1.45. The lowest BCUT2D eigenvalue weighted by molar-refractivity contribution is 0.0525. The van der Waals surface area contributed by atoms with Crippen molar-refractivity contribution in [2.75, 3.05) is 13.7 Å². The highest BCUT2D eigenvalue weighted by Crippen LogP contribution is 2.22. The summed E-state index contributed by atoms with van der Waals surface area (Å²) in [5, 5.41) is 9.44. The Hall–Kier alpha value is -2.17. The van der Waals surface area contributed by atoms with Crippen LogP contribution < -0.4 is 0 Å². The number of aryl methyl sites for hydroxylation is 1. The second-order valence-corrected chi connectivity index (χ2v) is 4.22. The van der Waals surface area contributed by atoms with E-state index in [0.29, 0.717) is 18.7 Å². The molecule has 0 saturated carbocycles. The van der Waals surface area contributed by atoms with Gasteiger partial charge in [0.1, 0.15) is 5.76 Å². The third-order valence-corrected chi connectivity index (χ3v) is 2.99. The monoisotopic (exact) mass is 279 g/mol. The van der Waals surface area contributed by atoms with Crippen LogP contribution in [0.5, 0.6) is 0 Å². The van der Waals surface area contributed by atoms with Crippen molar-refractivity contribution in [3.8, 4) is 0 Å². The normalized spacial score (nSPS) is 11.3. The van der Waals surface area contributed by atoms with Crippen molar-refractivity contribution in [1.29, 1.82) is 0 Å². The predicted molar refractivity (Wildman–Crippen MR) is 77.6 cm³/mol. The Balaban J connectivity index is 3.33. The van der Waals surface area contributed by atoms with E-state index in [9.17, 15) is 9.90 Å². The van der Waals surface area contributed by atoms with E-state index in [1.807, 2.05) is 18.4 Å². The number of aliphatic hydroxyl groups is 1. The van der Waals surface area contributed by atoms with Crippen LogP contribution in [-0.2, 0) is 16.0 Å². The summed E-state index contributed by atoms with van der Waals surface area (Å²) in [6, 6.07) is 0. The molecule has 1 rings (SSSR count). The fraction of sp³-hybridized carbons (Fsp3) is 0.400. The first-order chi connectivity index (χ1) is 9.46. The van der Waals surface area contributed by atoms with Gasteiger partial charge in [-0.2, -0.15) is 0 Å². The molecule has 1 N–H and O–H groups in total. The van der Waals surface area contributed by atoms with Gasteiger partial charge in [-0.25, -0.2) is 4.79 Å². The van der Waals surface area contributed by atoms with Crippen LogP contribution in [0, 0.1) is 6.92 Å². The van der Waals surface area contributed by atoms with E-state index in [2.05, 4.69) is 6.58 Å². The van der Waals surface area contributed by atoms with Crippen molar-refractivity contribution in [2.24, 2.45) is 0 Å². The molecule has 110 valence electrons. The zero-order chi connectivity index (χ0) is 15.3. The first kappa shape index (κ1) is 15.9. The topological polar surface area (TPSA) is 60.7 Å². The lowest BCUT2D eigenvalue weighted by Gasteiger charge is -2.07. The van der Waals surface area contributed by atoms with Crippen molar-refractivity contribution in [2.45, 2.75) is 27.3 Å². The van der Waals surface area contributed by atoms with Gasteiger partial charge in [-0.3, -0.25) is 0 Å². The van der Waals surface area contributed by atoms with Crippen LogP contribution in [0.25, 0.3) is 6.08 Å². The van der Waals surface area contributed by atoms with Gasteiger partial charge in [0.15, 0.2) is 5.76 Å². The van der Waals surface area contributed by atoms with Gasteiger partial charge in [-0.15, -0.1) is 0 Å². The van der Waals surface area contributed by atoms with Crippen molar-refractivity contribution in [1.82, 2.24) is 4.57 Å². The van der Waals surface area contributed by atoms with Gasteiger partial charge in [0, 0.05) is 24.5 Å². The standard InChI is InChI=1S/C15H21NO4/c1-6-16-9-12(15(18)20-7-2)10(3)13(16)8-14(19-5)11(4)17/h8-9,17H,4,6-7H2,1-3,5H3/b14-8+. The van der Waals surface area contributed by atoms with Crippen molar-refractivity contribution in [3.63, 3.8) is 0 Å². The van der Waals surface area contributed by atoms with Crippen molar-refractivity contribution < 1.29 is 19.4 Å². The Morgan fingerprint density at radius 2 is 2.15 bits per heavy atom. The molecule has 20 heavy (non-hydrogen) atoms. The Labute approximate surface area is 119 Å². The molecule has 0 fully saturated rings. The highest BCUT2D eigenvalue weighted by atomic mass is 16.5. The minimum atomic E-state index is -0.353. The van der Waals surface area contributed by atoms with E-state index < -0.39 is 0 Å². The Morgan fingerprint density at radius 1 is 1.50 bits per heavy atom.